The van der Waals surface area contributed by atoms with Crippen molar-refractivity contribution in [2.75, 3.05) is 10.5 Å². The minimum Gasteiger partial charge on any atom is -0.399 e. The molecule has 19 heavy (non-hydrogen) atoms. The van der Waals surface area contributed by atoms with E-state index in [-0.39, 0.29) is 16.3 Å². The number of halogens is 2. The van der Waals surface area contributed by atoms with Crippen molar-refractivity contribution < 1.29 is 12.8 Å². The first kappa shape index (κ1) is 13.8. The predicted molar refractivity (Wildman–Crippen MR) is 73.6 cm³/mol. The molecule has 0 radical (unpaired) electrons. The summed E-state index contributed by atoms with van der Waals surface area (Å²) in [6.45, 7) is 0. The van der Waals surface area contributed by atoms with Gasteiger partial charge >= 0.3 is 0 Å². The lowest BCUT2D eigenvalue weighted by Gasteiger charge is -2.09. The maximum absolute atomic E-state index is 13.5. The summed E-state index contributed by atoms with van der Waals surface area (Å²) in [7, 11) is -3.91. The lowest BCUT2D eigenvalue weighted by atomic mass is 10.3. The largest absolute Gasteiger partial charge is 0.399 e. The number of hydrogen-bond donors (Lipinski definition) is 2. The molecule has 0 aliphatic rings. The molecule has 0 fully saturated rings. The van der Waals surface area contributed by atoms with Gasteiger partial charge in [-0.25, -0.2) is 12.8 Å². The van der Waals surface area contributed by atoms with Gasteiger partial charge in [0.1, 0.15) is 10.7 Å². The highest BCUT2D eigenvalue weighted by atomic mass is 79.9. The fourth-order valence-electron chi connectivity index (χ4n) is 1.36. The van der Waals surface area contributed by atoms with E-state index in [0.717, 1.165) is 12.3 Å². The Morgan fingerprint density at radius 1 is 1.26 bits per heavy atom. The summed E-state index contributed by atoms with van der Waals surface area (Å²) in [6, 6.07) is 5.00. The molecular formula is C11H9BrFN3O2S. The first-order valence-corrected chi connectivity index (χ1v) is 7.34. The van der Waals surface area contributed by atoms with E-state index in [9.17, 15) is 12.8 Å². The van der Waals surface area contributed by atoms with E-state index < -0.39 is 15.8 Å². The zero-order valence-electron chi connectivity index (χ0n) is 9.47. The smallest absolute Gasteiger partial charge is 0.263 e. The third kappa shape index (κ3) is 3.21. The molecule has 100 valence electrons. The van der Waals surface area contributed by atoms with Gasteiger partial charge in [0.2, 0.25) is 0 Å². The van der Waals surface area contributed by atoms with Gasteiger partial charge in [0.25, 0.3) is 10.0 Å². The molecule has 0 bridgehead atoms. The van der Waals surface area contributed by atoms with Crippen LogP contribution in [0.5, 0.6) is 0 Å². The van der Waals surface area contributed by atoms with Crippen LogP contribution < -0.4 is 10.5 Å². The highest BCUT2D eigenvalue weighted by Crippen LogP contribution is 2.22. The number of aromatic nitrogens is 1. The summed E-state index contributed by atoms with van der Waals surface area (Å²) in [6.07, 6.45) is 2.61. The van der Waals surface area contributed by atoms with Gasteiger partial charge in [-0.15, -0.1) is 0 Å². The van der Waals surface area contributed by atoms with Gasteiger partial charge in [0.15, 0.2) is 0 Å². The van der Waals surface area contributed by atoms with Crippen LogP contribution in [0.25, 0.3) is 0 Å². The van der Waals surface area contributed by atoms with Crippen LogP contribution >= 0.6 is 15.9 Å². The molecule has 0 aliphatic carbocycles. The van der Waals surface area contributed by atoms with Crippen LogP contribution in [0.15, 0.2) is 46.0 Å². The lowest BCUT2D eigenvalue weighted by Crippen LogP contribution is -2.14. The molecule has 0 saturated carbocycles. The van der Waals surface area contributed by atoms with E-state index in [2.05, 4.69) is 25.6 Å². The number of nitrogens with one attached hydrogen (secondary N) is 1. The molecule has 0 amide bonds. The van der Waals surface area contributed by atoms with Crippen LogP contribution in [0, 0.1) is 5.82 Å². The predicted octanol–water partition coefficient (Wildman–Crippen LogP) is 2.37. The van der Waals surface area contributed by atoms with Gasteiger partial charge in [0.05, 0.1) is 5.69 Å². The average molecular weight is 346 g/mol. The molecule has 2 aromatic rings. The van der Waals surface area contributed by atoms with Gasteiger partial charge < -0.3 is 5.73 Å². The Labute approximate surface area is 117 Å². The number of nitrogen functional groups attached to an aromatic ring is 1. The van der Waals surface area contributed by atoms with Crippen LogP contribution in [0.1, 0.15) is 0 Å². The minimum atomic E-state index is -3.91. The second-order valence-electron chi connectivity index (χ2n) is 3.68. The molecule has 0 spiro atoms. The van der Waals surface area contributed by atoms with Crippen molar-refractivity contribution in [2.24, 2.45) is 0 Å². The van der Waals surface area contributed by atoms with Crippen molar-refractivity contribution in [3.05, 3.63) is 46.9 Å². The van der Waals surface area contributed by atoms with Gasteiger partial charge in [-0.1, -0.05) is 0 Å². The van der Waals surface area contributed by atoms with E-state index >= 15 is 0 Å². The Morgan fingerprint density at radius 2 is 2.00 bits per heavy atom. The van der Waals surface area contributed by atoms with E-state index in [1.165, 1.54) is 24.4 Å². The Balaban J connectivity index is 2.39. The fraction of sp³-hybridized carbons (Fsp3) is 0. The van der Waals surface area contributed by atoms with Crippen molar-refractivity contribution in [3.63, 3.8) is 0 Å². The molecule has 0 saturated heterocycles. The molecule has 2 rings (SSSR count). The highest BCUT2D eigenvalue weighted by Gasteiger charge is 2.17. The maximum atomic E-state index is 13.5. The van der Waals surface area contributed by atoms with Crippen LogP contribution in [-0.2, 0) is 10.0 Å². The molecule has 0 atom stereocenters. The van der Waals surface area contributed by atoms with Crippen LogP contribution in [0.2, 0.25) is 0 Å². The number of nitrogens with zero attached hydrogens (tertiary/aromatic N) is 1. The summed E-state index contributed by atoms with van der Waals surface area (Å²) in [5, 5.41) is 0. The second-order valence-corrected chi connectivity index (χ2v) is 6.28. The van der Waals surface area contributed by atoms with Crippen molar-refractivity contribution in [1.82, 2.24) is 4.98 Å². The van der Waals surface area contributed by atoms with Gasteiger partial charge in [-0.2, -0.15) is 0 Å². The maximum Gasteiger partial charge on any atom is 0.263 e. The normalized spacial score (nSPS) is 11.3. The second kappa shape index (κ2) is 5.14. The monoisotopic (exact) mass is 345 g/mol. The number of hydrogen-bond acceptors (Lipinski definition) is 4. The van der Waals surface area contributed by atoms with Crippen molar-refractivity contribution >= 4 is 37.3 Å². The van der Waals surface area contributed by atoms with Crippen LogP contribution in [0.3, 0.4) is 0 Å². The minimum absolute atomic E-state index is 0.0799. The zero-order chi connectivity index (χ0) is 14.0. The summed E-state index contributed by atoms with van der Waals surface area (Å²) in [5.41, 5.74) is 5.54. The Kier molecular flexibility index (Phi) is 3.72. The molecule has 1 aromatic carbocycles. The quantitative estimate of drug-likeness (QED) is 0.836. The first-order valence-electron chi connectivity index (χ1n) is 5.07. The van der Waals surface area contributed by atoms with Crippen molar-refractivity contribution in [2.45, 2.75) is 4.90 Å². The Hall–Kier alpha value is -1.67. The number of sulfonamides is 1. The van der Waals surface area contributed by atoms with E-state index in [4.69, 9.17) is 5.73 Å². The number of rotatable bonds is 3. The van der Waals surface area contributed by atoms with Gasteiger partial charge in [0, 0.05) is 22.6 Å². The number of nitrogens with two attached hydrogens (primary N) is 1. The molecule has 0 aliphatic heterocycles. The first-order chi connectivity index (χ1) is 8.88. The average Bonchev–Trinajstić information content (AvgIpc) is 2.33. The Bertz CT molecular complexity index is 722. The molecule has 0 unspecified atom stereocenters. The van der Waals surface area contributed by atoms with E-state index in [1.807, 2.05) is 0 Å². The lowest BCUT2D eigenvalue weighted by molar-refractivity contribution is 0.598. The molecule has 8 heteroatoms. The third-order valence-corrected chi connectivity index (χ3v) is 3.99. The van der Waals surface area contributed by atoms with E-state index in [0.29, 0.717) is 4.47 Å². The fourth-order valence-corrected chi connectivity index (χ4v) is 2.93. The summed E-state index contributed by atoms with van der Waals surface area (Å²) >= 11 is 3.12. The summed E-state index contributed by atoms with van der Waals surface area (Å²) < 4.78 is 40.2. The molecule has 1 aromatic heterocycles. The number of anilines is 2. The third-order valence-electron chi connectivity index (χ3n) is 2.22. The molecule has 3 N–H and O–H groups in total. The topological polar surface area (TPSA) is 85.1 Å². The van der Waals surface area contributed by atoms with Gasteiger partial charge in [-0.05, 0) is 40.2 Å². The molecular weight excluding hydrogens is 337 g/mol. The van der Waals surface area contributed by atoms with Crippen LogP contribution in [-0.4, -0.2) is 13.4 Å². The van der Waals surface area contributed by atoms with Gasteiger partial charge in [-0.3, -0.25) is 9.71 Å². The SMILES string of the molecule is Nc1ccc(F)c(NS(=O)(=O)c2cncc(Br)c2)c1. The van der Waals surface area contributed by atoms with E-state index in [1.54, 1.807) is 0 Å². The van der Waals surface area contributed by atoms with Crippen molar-refractivity contribution in [3.8, 4) is 0 Å². The number of benzene rings is 1. The van der Waals surface area contributed by atoms with Crippen LogP contribution in [0.4, 0.5) is 15.8 Å². The zero-order valence-corrected chi connectivity index (χ0v) is 11.9. The number of pyridine rings is 1. The molecule has 5 nitrogen and oxygen atoms in total. The highest BCUT2D eigenvalue weighted by molar-refractivity contribution is 9.10. The Morgan fingerprint density at radius 3 is 2.68 bits per heavy atom. The molecule has 1 heterocycles. The summed E-state index contributed by atoms with van der Waals surface area (Å²) in [4.78, 5) is 3.67. The van der Waals surface area contributed by atoms with Crippen molar-refractivity contribution in [1.29, 1.82) is 0 Å². The summed E-state index contributed by atoms with van der Waals surface area (Å²) in [5.74, 6) is -0.708. The standard InChI is InChI=1S/C11H9BrFN3O2S/c12-7-3-9(6-15-5-7)19(17,18)16-11-4-8(14)1-2-10(11)13/h1-6,16H,14H2.